The lowest BCUT2D eigenvalue weighted by Gasteiger charge is -2.10. The molecule has 31 heavy (non-hydrogen) atoms. The van der Waals surface area contributed by atoms with Crippen LogP contribution in [0.4, 0.5) is 5.82 Å². The fourth-order valence-corrected chi connectivity index (χ4v) is 3.42. The molecule has 1 aromatic carbocycles. The van der Waals surface area contributed by atoms with Crippen LogP contribution in [-0.2, 0) is 6.54 Å². The Balaban J connectivity index is 1.46. The van der Waals surface area contributed by atoms with Crippen molar-refractivity contribution in [2.75, 3.05) is 24.7 Å². The van der Waals surface area contributed by atoms with Gasteiger partial charge in [0, 0.05) is 13.1 Å². The molecule has 0 aliphatic heterocycles. The third-order valence-corrected chi connectivity index (χ3v) is 5.17. The molecule has 0 aliphatic rings. The first-order valence-electron chi connectivity index (χ1n) is 10.1. The molecule has 0 bridgehead atoms. The van der Waals surface area contributed by atoms with Crippen LogP contribution in [-0.4, -0.2) is 55.0 Å². The lowest BCUT2D eigenvalue weighted by atomic mass is 10.2. The van der Waals surface area contributed by atoms with Gasteiger partial charge in [-0.15, -0.1) is 0 Å². The third kappa shape index (κ3) is 4.74. The number of nitrogens with one attached hydrogen (secondary N) is 2. The Hall–Kier alpha value is -3.27. The number of carbonyl (C=O) groups is 1. The van der Waals surface area contributed by atoms with Gasteiger partial charge in [0.1, 0.15) is 11.5 Å². The van der Waals surface area contributed by atoms with Crippen LogP contribution in [0.25, 0.3) is 22.1 Å². The van der Waals surface area contributed by atoms with E-state index in [1.165, 1.54) is 18.0 Å². The number of aromatic nitrogens is 6. The fraction of sp³-hybridized carbons (Fsp3) is 0.333. The third-order valence-electron chi connectivity index (χ3n) is 4.63. The quantitative estimate of drug-likeness (QED) is 0.320. The molecule has 0 fully saturated rings. The summed E-state index contributed by atoms with van der Waals surface area (Å²) in [7, 11) is 0. The number of nitrogens with zero attached hydrogens (tertiary/aromatic N) is 6. The highest BCUT2D eigenvalue weighted by molar-refractivity contribution is 7.98. The van der Waals surface area contributed by atoms with Crippen molar-refractivity contribution in [3.63, 3.8) is 0 Å². The van der Waals surface area contributed by atoms with Crippen molar-refractivity contribution in [1.82, 2.24) is 35.0 Å². The average molecular weight is 437 g/mol. The normalized spacial score (nSPS) is 11.4. The molecule has 0 atom stereocenters. The average Bonchev–Trinajstić information content (AvgIpc) is 3.19. The fourth-order valence-electron chi connectivity index (χ4n) is 3.06. The first-order chi connectivity index (χ1) is 15.0. The van der Waals surface area contributed by atoms with Crippen LogP contribution >= 0.6 is 11.8 Å². The van der Waals surface area contributed by atoms with Crippen LogP contribution in [0.5, 0.6) is 0 Å². The molecule has 0 radical (unpaired) electrons. The van der Waals surface area contributed by atoms with E-state index in [-0.39, 0.29) is 11.6 Å². The van der Waals surface area contributed by atoms with Gasteiger partial charge in [0.15, 0.2) is 10.8 Å². The summed E-state index contributed by atoms with van der Waals surface area (Å²) < 4.78 is 1.78. The monoisotopic (exact) mass is 436 g/mol. The minimum absolute atomic E-state index is 0.270. The number of amides is 1. The summed E-state index contributed by atoms with van der Waals surface area (Å²) in [6.45, 7) is 5.97. The molecule has 0 spiro atoms. The molecular weight excluding hydrogens is 412 g/mol. The number of carbonyl (C=O) groups excluding carboxylic acids is 1. The Labute approximate surface area is 184 Å². The largest absolute Gasteiger partial charge is 0.369 e. The number of hydrogen-bond donors (Lipinski definition) is 2. The van der Waals surface area contributed by atoms with Crippen molar-refractivity contribution >= 4 is 45.6 Å². The molecule has 160 valence electrons. The topological polar surface area (TPSA) is 111 Å². The van der Waals surface area contributed by atoms with E-state index in [0.29, 0.717) is 29.7 Å². The number of benzene rings is 1. The molecule has 0 saturated carbocycles. The smallest absolute Gasteiger partial charge is 0.271 e. The molecule has 3 aromatic heterocycles. The Morgan fingerprint density at radius 1 is 1.13 bits per heavy atom. The summed E-state index contributed by atoms with van der Waals surface area (Å²) in [5.41, 5.74) is 2.48. The summed E-state index contributed by atoms with van der Waals surface area (Å²) >= 11 is 1.48. The number of hydrogen-bond acceptors (Lipinski definition) is 8. The molecule has 3 heterocycles. The van der Waals surface area contributed by atoms with Crippen molar-refractivity contribution in [1.29, 1.82) is 0 Å². The Morgan fingerprint density at radius 3 is 2.71 bits per heavy atom. The maximum absolute atomic E-state index is 12.5. The lowest BCUT2D eigenvalue weighted by Crippen LogP contribution is -2.28. The predicted molar refractivity (Wildman–Crippen MR) is 122 cm³/mol. The first kappa shape index (κ1) is 21.0. The minimum atomic E-state index is -0.270. The molecule has 2 N–H and O–H groups in total. The van der Waals surface area contributed by atoms with Crippen LogP contribution in [0, 0.1) is 5.92 Å². The van der Waals surface area contributed by atoms with Gasteiger partial charge in [-0.2, -0.15) is 5.10 Å². The highest BCUT2D eigenvalue weighted by atomic mass is 32.2. The van der Waals surface area contributed by atoms with Gasteiger partial charge in [0.05, 0.1) is 35.4 Å². The first-order valence-corrected chi connectivity index (χ1v) is 11.3. The van der Waals surface area contributed by atoms with E-state index in [2.05, 4.69) is 49.5 Å². The number of fused-ring (bicyclic) bond motifs is 2. The van der Waals surface area contributed by atoms with E-state index in [9.17, 15) is 4.79 Å². The molecule has 4 rings (SSSR count). The maximum atomic E-state index is 12.5. The van der Waals surface area contributed by atoms with E-state index in [1.807, 2.05) is 30.5 Å². The summed E-state index contributed by atoms with van der Waals surface area (Å²) in [6.07, 6.45) is 5.20. The molecule has 0 aliphatic carbocycles. The highest BCUT2D eigenvalue weighted by Crippen LogP contribution is 2.23. The van der Waals surface area contributed by atoms with Gasteiger partial charge >= 0.3 is 0 Å². The van der Waals surface area contributed by atoms with Crippen LogP contribution in [0.2, 0.25) is 0 Å². The van der Waals surface area contributed by atoms with Gasteiger partial charge in [-0.25, -0.2) is 19.6 Å². The summed E-state index contributed by atoms with van der Waals surface area (Å²) in [6, 6.07) is 7.46. The Bertz CT molecular complexity index is 1220. The van der Waals surface area contributed by atoms with Crippen LogP contribution in [0.1, 0.15) is 24.3 Å². The van der Waals surface area contributed by atoms with Crippen molar-refractivity contribution in [2.45, 2.75) is 25.5 Å². The zero-order chi connectivity index (χ0) is 21.8. The van der Waals surface area contributed by atoms with Crippen LogP contribution in [0.3, 0.4) is 0 Å². The number of thioether (sulfide) groups is 1. The standard InChI is InChI=1S/C21H24N8OS/c1-13(2)10-24-18-14-11-25-29(19(14)28-21(27-18)31-3)9-8-22-20(30)17-12-23-15-6-4-5-7-16(15)26-17/h4-7,11-13H,8-10H2,1-3H3,(H,22,30)(H,24,27,28). The summed E-state index contributed by atoms with van der Waals surface area (Å²) in [4.78, 5) is 30.4. The molecule has 1 amide bonds. The Morgan fingerprint density at radius 2 is 1.94 bits per heavy atom. The molecule has 0 saturated heterocycles. The van der Waals surface area contributed by atoms with E-state index in [0.717, 1.165) is 28.9 Å². The van der Waals surface area contributed by atoms with Crippen LogP contribution < -0.4 is 10.6 Å². The van der Waals surface area contributed by atoms with Crippen molar-refractivity contribution in [3.05, 3.63) is 42.4 Å². The molecule has 0 unspecified atom stereocenters. The number of para-hydroxylation sites is 2. The second-order valence-corrected chi connectivity index (χ2v) is 8.21. The predicted octanol–water partition coefficient (Wildman–Crippen LogP) is 2.99. The van der Waals surface area contributed by atoms with Crippen LogP contribution in [0.15, 0.2) is 41.8 Å². The van der Waals surface area contributed by atoms with E-state index < -0.39 is 0 Å². The Kier molecular flexibility index (Phi) is 6.26. The second-order valence-electron chi connectivity index (χ2n) is 7.44. The van der Waals surface area contributed by atoms with Gasteiger partial charge < -0.3 is 10.6 Å². The van der Waals surface area contributed by atoms with Crippen molar-refractivity contribution in [3.8, 4) is 0 Å². The van der Waals surface area contributed by atoms with Gasteiger partial charge in [-0.05, 0) is 24.3 Å². The van der Waals surface area contributed by atoms with Crippen molar-refractivity contribution < 1.29 is 4.79 Å². The zero-order valence-electron chi connectivity index (χ0n) is 17.7. The van der Waals surface area contributed by atoms with Gasteiger partial charge in [0.2, 0.25) is 0 Å². The lowest BCUT2D eigenvalue weighted by molar-refractivity contribution is 0.0947. The van der Waals surface area contributed by atoms with Gasteiger partial charge in [0.25, 0.3) is 5.91 Å². The molecule has 9 nitrogen and oxygen atoms in total. The summed E-state index contributed by atoms with van der Waals surface area (Å²) in [5.74, 6) is 1.00. The van der Waals surface area contributed by atoms with Gasteiger partial charge in [-0.3, -0.25) is 9.78 Å². The molecule has 4 aromatic rings. The highest BCUT2D eigenvalue weighted by Gasteiger charge is 2.14. The number of rotatable bonds is 8. The molecular formula is C21H24N8OS. The SMILES string of the molecule is CSc1nc(NCC(C)C)c2cnn(CCNC(=O)c3cnc4ccccc4n3)c2n1. The zero-order valence-corrected chi connectivity index (χ0v) is 18.5. The molecule has 10 heteroatoms. The van der Waals surface area contributed by atoms with E-state index >= 15 is 0 Å². The maximum Gasteiger partial charge on any atom is 0.271 e. The number of anilines is 1. The van der Waals surface area contributed by atoms with Crippen molar-refractivity contribution in [2.24, 2.45) is 5.92 Å². The summed E-state index contributed by atoms with van der Waals surface area (Å²) in [5, 5.41) is 12.3. The van der Waals surface area contributed by atoms with Gasteiger partial charge in [-0.1, -0.05) is 37.7 Å². The van der Waals surface area contributed by atoms with E-state index in [4.69, 9.17) is 0 Å². The van der Waals surface area contributed by atoms with E-state index in [1.54, 1.807) is 10.9 Å². The minimum Gasteiger partial charge on any atom is -0.369 e. The second kappa shape index (κ2) is 9.25.